The lowest BCUT2D eigenvalue weighted by Gasteiger charge is -2.33. The highest BCUT2D eigenvalue weighted by Gasteiger charge is 2.33. The molecule has 0 radical (unpaired) electrons. The number of benzene rings is 3. The number of hydrogen-bond acceptors (Lipinski definition) is 4. The molecule has 3 rings (SSSR count). The molecule has 0 saturated heterocycles. The van der Waals surface area contributed by atoms with Crippen molar-refractivity contribution in [2.75, 3.05) is 17.9 Å². The molecule has 0 fully saturated rings. The molecule has 0 aromatic heterocycles. The summed E-state index contributed by atoms with van der Waals surface area (Å²) >= 11 is 12.3. The fourth-order valence-corrected chi connectivity index (χ4v) is 6.05. The van der Waals surface area contributed by atoms with Crippen LogP contribution in [0, 0.1) is 6.92 Å². The lowest BCUT2D eigenvalue weighted by Crippen LogP contribution is -2.51. The number of likely N-dealkylation sites (N-methyl/N-ethyl adjacent to an activating group) is 1. The van der Waals surface area contributed by atoms with Gasteiger partial charge in [-0.1, -0.05) is 79.9 Å². The summed E-state index contributed by atoms with van der Waals surface area (Å²) in [4.78, 5) is 28.3. The van der Waals surface area contributed by atoms with Crippen LogP contribution >= 0.6 is 23.2 Å². The molecule has 0 aliphatic rings. The van der Waals surface area contributed by atoms with Crippen molar-refractivity contribution in [1.82, 2.24) is 10.2 Å². The Hall–Kier alpha value is -3.07. The highest BCUT2D eigenvalue weighted by molar-refractivity contribution is 7.92. The number of anilines is 1. The molecule has 0 bridgehead atoms. The number of amides is 2. The van der Waals surface area contributed by atoms with Crippen LogP contribution < -0.4 is 9.62 Å². The molecule has 0 aliphatic carbocycles. The van der Waals surface area contributed by atoms with Gasteiger partial charge in [-0.2, -0.15) is 0 Å². The molecular weight excluding hydrogens is 569 g/mol. The largest absolute Gasteiger partial charge is 0.357 e. The van der Waals surface area contributed by atoms with Gasteiger partial charge < -0.3 is 10.2 Å². The third kappa shape index (κ3) is 7.36. The maximum absolute atomic E-state index is 14.0. The molecule has 1 unspecified atom stereocenters. The van der Waals surface area contributed by atoms with E-state index in [1.807, 2.05) is 32.9 Å². The van der Waals surface area contributed by atoms with Gasteiger partial charge >= 0.3 is 0 Å². The van der Waals surface area contributed by atoms with Gasteiger partial charge in [-0.3, -0.25) is 13.9 Å². The van der Waals surface area contributed by atoms with Gasteiger partial charge in [0.15, 0.2) is 0 Å². The van der Waals surface area contributed by atoms with E-state index in [9.17, 15) is 18.0 Å². The van der Waals surface area contributed by atoms with E-state index in [-0.39, 0.29) is 23.3 Å². The van der Waals surface area contributed by atoms with E-state index in [0.717, 1.165) is 15.4 Å². The minimum Gasteiger partial charge on any atom is -0.357 e. The van der Waals surface area contributed by atoms with Gasteiger partial charge in [-0.05, 0) is 66.8 Å². The Morgan fingerprint density at radius 3 is 2.08 bits per heavy atom. The first-order valence-corrected chi connectivity index (χ1v) is 15.2. The lowest BCUT2D eigenvalue weighted by molar-refractivity contribution is -0.140. The minimum absolute atomic E-state index is 0.0341. The van der Waals surface area contributed by atoms with Crippen LogP contribution in [0.2, 0.25) is 10.0 Å². The maximum Gasteiger partial charge on any atom is 0.264 e. The highest BCUT2D eigenvalue weighted by Crippen LogP contribution is 2.28. The molecule has 0 heterocycles. The van der Waals surface area contributed by atoms with Gasteiger partial charge in [0, 0.05) is 13.6 Å². The molecule has 0 saturated carbocycles. The Balaban J connectivity index is 2.08. The summed E-state index contributed by atoms with van der Waals surface area (Å²) in [7, 11) is -2.63. The zero-order valence-corrected chi connectivity index (χ0v) is 25.6. The fraction of sp³-hybridized carbons (Fsp3) is 0.333. The molecule has 2 amide bonds. The average molecular weight is 605 g/mol. The summed E-state index contributed by atoms with van der Waals surface area (Å²) in [5, 5.41) is 3.29. The number of sulfonamides is 1. The van der Waals surface area contributed by atoms with Gasteiger partial charge in [0.25, 0.3) is 10.0 Å². The van der Waals surface area contributed by atoms with Crippen LogP contribution in [0.4, 0.5) is 5.69 Å². The van der Waals surface area contributed by atoms with Crippen molar-refractivity contribution in [3.63, 3.8) is 0 Å². The summed E-state index contributed by atoms with van der Waals surface area (Å²) in [6.07, 6.45) is 0.320. The van der Waals surface area contributed by atoms with Gasteiger partial charge in [-0.15, -0.1) is 0 Å². The predicted molar refractivity (Wildman–Crippen MR) is 161 cm³/mol. The van der Waals surface area contributed by atoms with E-state index in [4.69, 9.17) is 23.2 Å². The number of carbonyl (C=O) groups excluding carboxylic acids is 2. The molecule has 1 N–H and O–H groups in total. The molecular formula is C30H35Cl2N3O4S. The fourth-order valence-electron chi connectivity index (χ4n) is 4.31. The van der Waals surface area contributed by atoms with Crippen LogP contribution in [0.3, 0.4) is 0 Å². The van der Waals surface area contributed by atoms with Crippen molar-refractivity contribution >= 4 is 50.7 Å². The van der Waals surface area contributed by atoms with E-state index < -0.39 is 28.5 Å². The standard InChI is InChI=1S/C30H35Cl2N3O4S/c1-6-28(30(37)33-5)34(18-22-9-16-26(31)27(32)17-22)29(36)19-35(24-12-10-23(11-13-24)20(2)3)40(38,39)25-14-7-21(4)8-15-25/h7-17,20,28H,6,18-19H2,1-5H3,(H,33,37). The molecule has 7 nitrogen and oxygen atoms in total. The molecule has 3 aromatic rings. The van der Waals surface area contributed by atoms with Crippen molar-refractivity contribution in [1.29, 1.82) is 0 Å². The molecule has 3 aromatic carbocycles. The van der Waals surface area contributed by atoms with E-state index in [2.05, 4.69) is 5.32 Å². The molecule has 1 atom stereocenters. The summed E-state index contributed by atoms with van der Waals surface area (Å²) < 4.78 is 29.0. The van der Waals surface area contributed by atoms with E-state index in [1.54, 1.807) is 49.4 Å². The molecule has 10 heteroatoms. The number of aryl methyl sites for hydroxylation is 1. The van der Waals surface area contributed by atoms with Crippen LogP contribution in [0.15, 0.2) is 71.6 Å². The SMILES string of the molecule is CCC(C(=O)NC)N(Cc1ccc(Cl)c(Cl)c1)C(=O)CN(c1ccc(C(C)C)cc1)S(=O)(=O)c1ccc(C)cc1. The Morgan fingerprint density at radius 1 is 0.925 bits per heavy atom. The van der Waals surface area contributed by atoms with E-state index in [0.29, 0.717) is 27.7 Å². The third-order valence-corrected chi connectivity index (χ3v) is 9.23. The van der Waals surface area contributed by atoms with Crippen LogP contribution in [0.25, 0.3) is 0 Å². The smallest absolute Gasteiger partial charge is 0.264 e. The molecule has 40 heavy (non-hydrogen) atoms. The number of nitrogens with one attached hydrogen (secondary N) is 1. The van der Waals surface area contributed by atoms with E-state index in [1.165, 1.54) is 24.1 Å². The Labute approximate surface area is 247 Å². The average Bonchev–Trinajstić information content (AvgIpc) is 2.93. The highest BCUT2D eigenvalue weighted by atomic mass is 35.5. The number of nitrogens with zero attached hydrogens (tertiary/aromatic N) is 2. The second kappa shape index (κ2) is 13.5. The molecule has 0 spiro atoms. The quantitative estimate of drug-likeness (QED) is 0.284. The molecule has 214 valence electrons. The van der Waals surface area contributed by atoms with Crippen molar-refractivity contribution in [2.24, 2.45) is 0 Å². The van der Waals surface area contributed by atoms with Crippen molar-refractivity contribution in [2.45, 2.75) is 57.5 Å². The topological polar surface area (TPSA) is 86.8 Å². The van der Waals surface area contributed by atoms with Gasteiger partial charge in [-0.25, -0.2) is 8.42 Å². The van der Waals surface area contributed by atoms with Crippen molar-refractivity contribution in [3.8, 4) is 0 Å². The predicted octanol–water partition coefficient (Wildman–Crippen LogP) is 6.17. The summed E-state index contributed by atoms with van der Waals surface area (Å²) in [6.45, 7) is 7.28. The number of rotatable bonds is 11. The first kappa shape index (κ1) is 31.5. The number of halogens is 2. The lowest BCUT2D eigenvalue weighted by atomic mass is 10.0. The van der Waals surface area contributed by atoms with Crippen molar-refractivity contribution < 1.29 is 18.0 Å². The normalized spacial score (nSPS) is 12.2. The number of carbonyl (C=O) groups is 2. The monoisotopic (exact) mass is 603 g/mol. The minimum atomic E-state index is -4.13. The van der Waals surface area contributed by atoms with Crippen LogP contribution in [-0.2, 0) is 26.2 Å². The van der Waals surface area contributed by atoms with Gasteiger partial charge in [0.2, 0.25) is 11.8 Å². The van der Waals surface area contributed by atoms with Gasteiger partial charge in [0.05, 0.1) is 20.6 Å². The third-order valence-electron chi connectivity index (χ3n) is 6.70. The Kier molecular flexibility index (Phi) is 10.6. The first-order chi connectivity index (χ1) is 18.9. The first-order valence-electron chi connectivity index (χ1n) is 13.0. The second-order valence-corrected chi connectivity index (χ2v) is 12.6. The summed E-state index contributed by atoms with van der Waals surface area (Å²) in [5.74, 6) is -0.646. The maximum atomic E-state index is 14.0. The number of hydrogen-bond donors (Lipinski definition) is 1. The second-order valence-electron chi connectivity index (χ2n) is 9.88. The Bertz CT molecular complexity index is 1440. The summed E-state index contributed by atoms with van der Waals surface area (Å²) in [5.41, 5.74) is 2.95. The zero-order chi connectivity index (χ0) is 29.6. The van der Waals surface area contributed by atoms with Crippen LogP contribution in [-0.4, -0.2) is 44.8 Å². The molecule has 0 aliphatic heterocycles. The zero-order valence-electron chi connectivity index (χ0n) is 23.3. The summed E-state index contributed by atoms with van der Waals surface area (Å²) in [6, 6.07) is 17.7. The van der Waals surface area contributed by atoms with Crippen LogP contribution in [0.5, 0.6) is 0 Å². The van der Waals surface area contributed by atoms with Gasteiger partial charge in [0.1, 0.15) is 12.6 Å². The Morgan fingerprint density at radius 2 is 1.55 bits per heavy atom. The van der Waals surface area contributed by atoms with Crippen LogP contribution in [0.1, 0.15) is 49.8 Å². The van der Waals surface area contributed by atoms with Crippen molar-refractivity contribution in [3.05, 3.63) is 93.5 Å². The van der Waals surface area contributed by atoms with E-state index >= 15 is 0 Å².